The van der Waals surface area contributed by atoms with E-state index in [0.717, 1.165) is 25.6 Å². The fourth-order valence-corrected chi connectivity index (χ4v) is 2.53. The molecule has 1 heterocycles. The van der Waals surface area contributed by atoms with Crippen LogP contribution in [-0.2, 0) is 14.8 Å². The fraction of sp³-hybridized carbons (Fsp3) is 0.900. The Hall–Kier alpha value is -0.660. The number of sulfonamides is 1. The number of carbonyl (C=O) groups excluding carboxylic acids is 1. The first-order valence-electron chi connectivity index (χ1n) is 5.78. The number of nitrogens with two attached hydrogens (primary N) is 1. The maximum Gasteiger partial charge on any atom is 0.239 e. The zero-order chi connectivity index (χ0) is 13.1. The van der Waals surface area contributed by atoms with Crippen molar-refractivity contribution in [3.8, 4) is 0 Å². The first-order valence-corrected chi connectivity index (χ1v) is 7.67. The van der Waals surface area contributed by atoms with Crippen LogP contribution < -0.4 is 10.5 Å². The Bertz CT molecular complexity index is 367. The molecule has 0 bridgehead atoms. The Morgan fingerprint density at radius 3 is 2.76 bits per heavy atom. The van der Waals surface area contributed by atoms with E-state index in [0.29, 0.717) is 13.1 Å². The average molecular weight is 263 g/mol. The lowest BCUT2D eigenvalue weighted by Gasteiger charge is -2.33. The number of hydrogen-bond acceptors (Lipinski definition) is 4. The van der Waals surface area contributed by atoms with Crippen LogP contribution in [0.2, 0.25) is 0 Å². The van der Waals surface area contributed by atoms with Crippen molar-refractivity contribution in [3.63, 3.8) is 0 Å². The minimum atomic E-state index is -3.16. The second-order valence-corrected chi connectivity index (χ2v) is 6.53. The standard InChI is InChI=1S/C10H21N3O3S/c1-8(11)10(14)13-5-3-4-9(7-13)6-12-17(2,15)16/h8-9,12H,3-7,11H2,1-2H3/t8-,9?/m1/s1. The van der Waals surface area contributed by atoms with E-state index in [-0.39, 0.29) is 11.8 Å². The Morgan fingerprint density at radius 2 is 2.24 bits per heavy atom. The molecule has 0 aromatic rings. The number of carbonyl (C=O) groups is 1. The Labute approximate surface area is 103 Å². The molecular weight excluding hydrogens is 242 g/mol. The van der Waals surface area contributed by atoms with Gasteiger partial charge in [-0.25, -0.2) is 13.1 Å². The summed E-state index contributed by atoms with van der Waals surface area (Å²) in [6, 6.07) is -0.489. The highest BCUT2D eigenvalue weighted by Gasteiger charge is 2.25. The molecule has 1 aliphatic rings. The lowest BCUT2D eigenvalue weighted by atomic mass is 9.98. The van der Waals surface area contributed by atoms with Gasteiger partial charge in [-0.2, -0.15) is 0 Å². The molecule has 1 unspecified atom stereocenters. The molecule has 0 aromatic carbocycles. The molecule has 1 saturated heterocycles. The van der Waals surface area contributed by atoms with Gasteiger partial charge in [0.1, 0.15) is 0 Å². The molecule has 1 aliphatic heterocycles. The normalized spacial score (nSPS) is 23.5. The fourth-order valence-electron chi connectivity index (χ4n) is 1.99. The largest absolute Gasteiger partial charge is 0.341 e. The third kappa shape index (κ3) is 5.01. The van der Waals surface area contributed by atoms with Gasteiger partial charge in [0.2, 0.25) is 15.9 Å². The molecule has 7 heteroatoms. The van der Waals surface area contributed by atoms with Gasteiger partial charge in [0.15, 0.2) is 0 Å². The number of rotatable bonds is 4. The van der Waals surface area contributed by atoms with E-state index < -0.39 is 16.1 Å². The molecular formula is C10H21N3O3S. The summed E-state index contributed by atoms with van der Waals surface area (Å²) in [7, 11) is -3.16. The highest BCUT2D eigenvalue weighted by molar-refractivity contribution is 7.88. The molecule has 17 heavy (non-hydrogen) atoms. The van der Waals surface area contributed by atoms with Crippen molar-refractivity contribution < 1.29 is 13.2 Å². The van der Waals surface area contributed by atoms with Crippen molar-refractivity contribution >= 4 is 15.9 Å². The van der Waals surface area contributed by atoms with E-state index in [2.05, 4.69) is 4.72 Å². The van der Waals surface area contributed by atoms with Gasteiger partial charge >= 0.3 is 0 Å². The van der Waals surface area contributed by atoms with Gasteiger partial charge in [-0.1, -0.05) is 0 Å². The SMILES string of the molecule is C[C@@H](N)C(=O)N1CCCC(CNS(C)(=O)=O)C1. The highest BCUT2D eigenvalue weighted by atomic mass is 32.2. The lowest BCUT2D eigenvalue weighted by Crippen LogP contribution is -2.48. The van der Waals surface area contributed by atoms with E-state index in [4.69, 9.17) is 5.73 Å². The van der Waals surface area contributed by atoms with Crippen LogP contribution in [-0.4, -0.2) is 51.2 Å². The number of hydrogen-bond donors (Lipinski definition) is 2. The summed E-state index contributed by atoms with van der Waals surface area (Å²) in [4.78, 5) is 13.4. The monoisotopic (exact) mass is 263 g/mol. The van der Waals surface area contributed by atoms with Crippen LogP contribution in [0.1, 0.15) is 19.8 Å². The van der Waals surface area contributed by atoms with Crippen molar-refractivity contribution in [2.24, 2.45) is 11.7 Å². The van der Waals surface area contributed by atoms with Gasteiger partial charge in [-0.3, -0.25) is 4.79 Å². The van der Waals surface area contributed by atoms with Crippen LogP contribution in [0.15, 0.2) is 0 Å². The van der Waals surface area contributed by atoms with E-state index in [9.17, 15) is 13.2 Å². The summed E-state index contributed by atoms with van der Waals surface area (Å²) < 4.78 is 24.5. The summed E-state index contributed by atoms with van der Waals surface area (Å²) in [5.41, 5.74) is 5.55. The Balaban J connectivity index is 2.47. The number of nitrogens with one attached hydrogen (secondary N) is 1. The van der Waals surface area contributed by atoms with Crippen LogP contribution in [0.5, 0.6) is 0 Å². The van der Waals surface area contributed by atoms with Gasteiger partial charge < -0.3 is 10.6 Å². The Kier molecular flexibility index (Phi) is 4.91. The second-order valence-electron chi connectivity index (χ2n) is 4.70. The van der Waals surface area contributed by atoms with Crippen molar-refractivity contribution in [1.82, 2.24) is 9.62 Å². The molecule has 0 saturated carbocycles. The zero-order valence-electron chi connectivity index (χ0n) is 10.3. The molecule has 100 valence electrons. The van der Waals surface area contributed by atoms with E-state index in [1.807, 2.05) is 0 Å². The van der Waals surface area contributed by atoms with Gasteiger partial charge in [0.05, 0.1) is 12.3 Å². The average Bonchev–Trinajstić information content (AvgIpc) is 2.24. The minimum absolute atomic E-state index is 0.0611. The first-order chi connectivity index (χ1) is 7.79. The maximum atomic E-state index is 11.7. The van der Waals surface area contributed by atoms with Crippen LogP contribution in [0.4, 0.5) is 0 Å². The Morgan fingerprint density at radius 1 is 1.59 bits per heavy atom. The number of piperidine rings is 1. The third-order valence-electron chi connectivity index (χ3n) is 2.85. The quantitative estimate of drug-likeness (QED) is 0.689. The minimum Gasteiger partial charge on any atom is -0.341 e. The predicted molar refractivity (Wildman–Crippen MR) is 65.8 cm³/mol. The number of amides is 1. The second kappa shape index (κ2) is 5.79. The number of likely N-dealkylation sites (tertiary alicyclic amines) is 1. The van der Waals surface area contributed by atoms with Crippen molar-refractivity contribution in [2.45, 2.75) is 25.8 Å². The van der Waals surface area contributed by atoms with Gasteiger partial charge in [-0.05, 0) is 25.7 Å². The van der Waals surface area contributed by atoms with Crippen LogP contribution in [0.25, 0.3) is 0 Å². The lowest BCUT2D eigenvalue weighted by molar-refractivity contribution is -0.133. The van der Waals surface area contributed by atoms with E-state index in [1.165, 1.54) is 0 Å². The van der Waals surface area contributed by atoms with Gasteiger partial charge in [-0.15, -0.1) is 0 Å². The third-order valence-corrected chi connectivity index (χ3v) is 3.55. The van der Waals surface area contributed by atoms with Crippen molar-refractivity contribution in [3.05, 3.63) is 0 Å². The van der Waals surface area contributed by atoms with Crippen LogP contribution in [0, 0.1) is 5.92 Å². The molecule has 1 amide bonds. The number of nitrogens with zero attached hydrogens (tertiary/aromatic N) is 1. The predicted octanol–water partition coefficient (Wildman–Crippen LogP) is -0.879. The summed E-state index contributed by atoms with van der Waals surface area (Å²) in [6.45, 7) is 3.36. The first kappa shape index (κ1) is 14.4. The van der Waals surface area contributed by atoms with Crippen LogP contribution in [0.3, 0.4) is 0 Å². The smallest absolute Gasteiger partial charge is 0.239 e. The van der Waals surface area contributed by atoms with E-state index >= 15 is 0 Å². The molecule has 0 spiro atoms. The topological polar surface area (TPSA) is 92.5 Å². The molecule has 0 radical (unpaired) electrons. The van der Waals surface area contributed by atoms with E-state index in [1.54, 1.807) is 11.8 Å². The molecule has 1 rings (SSSR count). The highest BCUT2D eigenvalue weighted by Crippen LogP contribution is 2.16. The molecule has 2 atom stereocenters. The summed E-state index contributed by atoms with van der Waals surface area (Å²) in [5.74, 6) is 0.121. The summed E-state index contributed by atoms with van der Waals surface area (Å²) in [5, 5.41) is 0. The summed E-state index contributed by atoms with van der Waals surface area (Å²) >= 11 is 0. The summed E-state index contributed by atoms with van der Waals surface area (Å²) in [6.07, 6.45) is 2.97. The van der Waals surface area contributed by atoms with Crippen molar-refractivity contribution in [2.75, 3.05) is 25.9 Å². The van der Waals surface area contributed by atoms with Crippen molar-refractivity contribution in [1.29, 1.82) is 0 Å². The molecule has 3 N–H and O–H groups in total. The van der Waals surface area contributed by atoms with Crippen LogP contribution >= 0.6 is 0 Å². The molecule has 0 aromatic heterocycles. The van der Waals surface area contributed by atoms with Gasteiger partial charge in [0.25, 0.3) is 0 Å². The molecule has 0 aliphatic carbocycles. The van der Waals surface area contributed by atoms with Gasteiger partial charge in [0, 0.05) is 19.6 Å². The molecule has 6 nitrogen and oxygen atoms in total. The maximum absolute atomic E-state index is 11.7. The zero-order valence-corrected chi connectivity index (χ0v) is 11.2. The molecule has 1 fully saturated rings.